The van der Waals surface area contributed by atoms with Crippen LogP contribution in [0.1, 0.15) is 15.9 Å². The van der Waals surface area contributed by atoms with Crippen LogP contribution in [0.15, 0.2) is 42.6 Å². The Labute approximate surface area is 119 Å². The molecule has 3 rings (SSSR count). The van der Waals surface area contributed by atoms with Crippen LogP contribution in [0.25, 0.3) is 10.9 Å². The number of nitrogens with two attached hydrogens (primary N) is 1. The molecule has 0 bridgehead atoms. The van der Waals surface area contributed by atoms with E-state index in [4.69, 9.17) is 17.3 Å². The molecule has 0 saturated heterocycles. The highest BCUT2D eigenvalue weighted by atomic mass is 35.5. The van der Waals surface area contributed by atoms with Crippen LogP contribution in [-0.4, -0.2) is 10.8 Å². The highest BCUT2D eigenvalue weighted by molar-refractivity contribution is 6.37. The number of nitrogens with one attached hydrogen (secondary N) is 1. The second-order valence-corrected chi connectivity index (χ2v) is 4.87. The summed E-state index contributed by atoms with van der Waals surface area (Å²) in [6.45, 7) is 0. The molecule has 5 heteroatoms. The molecule has 0 aliphatic rings. The molecule has 0 radical (unpaired) electrons. The number of carbonyl (C=O) groups is 1. The van der Waals surface area contributed by atoms with Gasteiger partial charge in [-0.1, -0.05) is 17.7 Å². The van der Waals surface area contributed by atoms with E-state index in [1.54, 1.807) is 18.3 Å². The Kier molecular flexibility index (Phi) is 2.95. The SMILES string of the molecule is Nc1cc(F)cc(C(=O)c2c[nH]c3cccc(Cl)c23)c1. The number of aromatic nitrogens is 1. The lowest BCUT2D eigenvalue weighted by atomic mass is 10.0. The normalized spacial score (nSPS) is 10.9. The summed E-state index contributed by atoms with van der Waals surface area (Å²) in [7, 11) is 0. The van der Waals surface area contributed by atoms with Gasteiger partial charge in [-0.2, -0.15) is 0 Å². The van der Waals surface area contributed by atoms with Crippen molar-refractivity contribution in [3.63, 3.8) is 0 Å². The van der Waals surface area contributed by atoms with Crippen molar-refractivity contribution >= 4 is 34.0 Å². The molecule has 3 aromatic rings. The summed E-state index contributed by atoms with van der Waals surface area (Å²) >= 11 is 6.13. The molecule has 0 atom stereocenters. The topological polar surface area (TPSA) is 58.9 Å². The molecule has 3 N–H and O–H groups in total. The number of hydrogen-bond acceptors (Lipinski definition) is 2. The zero-order valence-electron chi connectivity index (χ0n) is 10.3. The van der Waals surface area contributed by atoms with Crippen LogP contribution in [0.5, 0.6) is 0 Å². The van der Waals surface area contributed by atoms with Gasteiger partial charge in [0.1, 0.15) is 5.82 Å². The number of aromatic amines is 1. The fraction of sp³-hybridized carbons (Fsp3) is 0. The third-order valence-corrected chi connectivity index (χ3v) is 3.40. The van der Waals surface area contributed by atoms with E-state index in [0.29, 0.717) is 16.0 Å². The molecular weight excluding hydrogens is 279 g/mol. The Balaban J connectivity index is 2.18. The van der Waals surface area contributed by atoms with Crippen molar-refractivity contribution in [3.8, 4) is 0 Å². The van der Waals surface area contributed by atoms with Crippen molar-refractivity contribution in [2.24, 2.45) is 0 Å². The number of ketones is 1. The van der Waals surface area contributed by atoms with Crippen LogP contribution in [0.3, 0.4) is 0 Å². The molecule has 20 heavy (non-hydrogen) atoms. The predicted octanol–water partition coefficient (Wildman–Crippen LogP) is 3.77. The molecule has 1 heterocycles. The molecule has 2 aromatic carbocycles. The molecule has 0 amide bonds. The first-order valence-electron chi connectivity index (χ1n) is 5.92. The maximum Gasteiger partial charge on any atom is 0.195 e. The average molecular weight is 289 g/mol. The fourth-order valence-electron chi connectivity index (χ4n) is 2.22. The minimum absolute atomic E-state index is 0.198. The minimum atomic E-state index is -0.542. The van der Waals surface area contributed by atoms with E-state index in [1.807, 2.05) is 6.07 Å². The first-order chi connectivity index (χ1) is 9.56. The molecule has 0 aliphatic carbocycles. The molecule has 3 nitrogen and oxygen atoms in total. The Hall–Kier alpha value is -2.33. The number of H-pyrrole nitrogens is 1. The number of anilines is 1. The summed E-state index contributed by atoms with van der Waals surface area (Å²) in [6.07, 6.45) is 1.57. The van der Waals surface area contributed by atoms with Crippen molar-refractivity contribution < 1.29 is 9.18 Å². The van der Waals surface area contributed by atoms with E-state index in [-0.39, 0.29) is 17.0 Å². The van der Waals surface area contributed by atoms with Crippen molar-refractivity contribution in [1.82, 2.24) is 4.98 Å². The number of rotatable bonds is 2. The van der Waals surface area contributed by atoms with Gasteiger partial charge in [0.05, 0.1) is 5.02 Å². The smallest absolute Gasteiger partial charge is 0.195 e. The van der Waals surface area contributed by atoms with Gasteiger partial charge in [0.2, 0.25) is 0 Å². The van der Waals surface area contributed by atoms with Crippen LogP contribution in [0, 0.1) is 5.82 Å². The number of hydrogen-bond donors (Lipinski definition) is 2. The predicted molar refractivity (Wildman–Crippen MR) is 77.6 cm³/mol. The maximum absolute atomic E-state index is 13.4. The van der Waals surface area contributed by atoms with E-state index in [9.17, 15) is 9.18 Å². The van der Waals surface area contributed by atoms with E-state index in [1.165, 1.54) is 12.1 Å². The van der Waals surface area contributed by atoms with Gasteiger partial charge >= 0.3 is 0 Å². The van der Waals surface area contributed by atoms with Gasteiger partial charge < -0.3 is 10.7 Å². The standard InChI is InChI=1S/C15H10ClFN2O/c16-12-2-1-3-13-14(12)11(7-19-13)15(20)8-4-9(17)6-10(18)5-8/h1-7,19H,18H2. The van der Waals surface area contributed by atoms with Crippen LogP contribution in [0.4, 0.5) is 10.1 Å². The third kappa shape index (κ3) is 2.04. The van der Waals surface area contributed by atoms with Crippen LogP contribution in [0.2, 0.25) is 5.02 Å². The molecule has 0 saturated carbocycles. The molecule has 100 valence electrons. The number of fused-ring (bicyclic) bond motifs is 1. The van der Waals surface area contributed by atoms with Gasteiger partial charge in [0.15, 0.2) is 5.78 Å². The Bertz CT molecular complexity index is 806. The zero-order valence-corrected chi connectivity index (χ0v) is 11.0. The molecule has 0 aliphatic heterocycles. The number of halogens is 2. The zero-order chi connectivity index (χ0) is 14.3. The van der Waals surface area contributed by atoms with Gasteiger partial charge in [-0.3, -0.25) is 4.79 Å². The molecule has 1 aromatic heterocycles. The number of nitrogen functional groups attached to an aromatic ring is 1. The van der Waals surface area contributed by atoms with Crippen molar-refractivity contribution in [1.29, 1.82) is 0 Å². The second-order valence-electron chi connectivity index (χ2n) is 4.47. The maximum atomic E-state index is 13.4. The van der Waals surface area contributed by atoms with Gasteiger partial charge in [-0.25, -0.2) is 4.39 Å². The second kappa shape index (κ2) is 4.65. The lowest BCUT2D eigenvalue weighted by Gasteiger charge is -2.03. The van der Waals surface area contributed by atoms with E-state index >= 15 is 0 Å². The Morgan fingerprint density at radius 2 is 2.05 bits per heavy atom. The lowest BCUT2D eigenvalue weighted by Crippen LogP contribution is -2.02. The first kappa shape index (κ1) is 12.7. The third-order valence-electron chi connectivity index (χ3n) is 3.08. The summed E-state index contributed by atoms with van der Waals surface area (Å²) in [5.41, 5.74) is 7.13. The van der Waals surface area contributed by atoms with Crippen molar-refractivity contribution in [2.75, 3.05) is 5.73 Å². The van der Waals surface area contributed by atoms with Gasteiger partial charge in [-0.15, -0.1) is 0 Å². The molecule has 0 spiro atoms. The largest absolute Gasteiger partial charge is 0.399 e. The van der Waals surface area contributed by atoms with Crippen LogP contribution in [-0.2, 0) is 0 Å². The van der Waals surface area contributed by atoms with E-state index in [0.717, 1.165) is 11.6 Å². The van der Waals surface area contributed by atoms with Crippen molar-refractivity contribution in [2.45, 2.75) is 0 Å². The number of benzene rings is 2. The summed E-state index contributed by atoms with van der Waals surface area (Å²) < 4.78 is 13.4. The minimum Gasteiger partial charge on any atom is -0.399 e. The van der Waals surface area contributed by atoms with E-state index in [2.05, 4.69) is 4.98 Å². The molecule has 0 fully saturated rings. The average Bonchev–Trinajstić information content (AvgIpc) is 2.82. The quantitative estimate of drug-likeness (QED) is 0.557. The van der Waals surface area contributed by atoms with Gasteiger partial charge in [-0.05, 0) is 30.3 Å². The highest BCUT2D eigenvalue weighted by Crippen LogP contribution is 2.28. The molecule has 0 unspecified atom stereocenters. The van der Waals surface area contributed by atoms with Gasteiger partial charge in [0.25, 0.3) is 0 Å². The summed E-state index contributed by atoms with van der Waals surface area (Å²) in [5.74, 6) is -0.866. The Morgan fingerprint density at radius 1 is 1.25 bits per heavy atom. The molecular formula is C15H10ClFN2O. The van der Waals surface area contributed by atoms with Crippen LogP contribution >= 0.6 is 11.6 Å². The first-order valence-corrected chi connectivity index (χ1v) is 6.30. The monoisotopic (exact) mass is 288 g/mol. The summed E-state index contributed by atoms with van der Waals surface area (Å²) in [5, 5.41) is 1.10. The number of carbonyl (C=O) groups excluding carboxylic acids is 1. The lowest BCUT2D eigenvalue weighted by molar-refractivity contribution is 0.104. The summed E-state index contributed by atoms with van der Waals surface area (Å²) in [4.78, 5) is 15.5. The Morgan fingerprint density at radius 3 is 2.80 bits per heavy atom. The fourth-order valence-corrected chi connectivity index (χ4v) is 2.49. The van der Waals surface area contributed by atoms with Gasteiger partial charge in [0, 0.05) is 33.9 Å². The van der Waals surface area contributed by atoms with Crippen molar-refractivity contribution in [3.05, 3.63) is 64.6 Å². The van der Waals surface area contributed by atoms with Crippen LogP contribution < -0.4 is 5.73 Å². The summed E-state index contributed by atoms with van der Waals surface area (Å²) in [6, 6.07) is 9.08. The highest BCUT2D eigenvalue weighted by Gasteiger charge is 2.17. The van der Waals surface area contributed by atoms with E-state index < -0.39 is 5.82 Å².